The Balaban J connectivity index is 1.88. The smallest absolute Gasteiger partial charge is 0.355 e. The maximum absolute atomic E-state index is 10.6. The first-order valence-corrected chi connectivity index (χ1v) is 5.89. The Labute approximate surface area is 92.6 Å². The summed E-state index contributed by atoms with van der Waals surface area (Å²) in [6.45, 7) is 1.86. The molecule has 0 radical (unpaired) electrons. The molecule has 0 bridgehead atoms. The van der Waals surface area contributed by atoms with Gasteiger partial charge in [0.15, 0.2) is 5.69 Å². The average molecular weight is 226 g/mol. The molecule has 5 heteroatoms. The Morgan fingerprint density at radius 2 is 2.47 bits per heavy atom. The van der Waals surface area contributed by atoms with Gasteiger partial charge in [-0.05, 0) is 25.8 Å². The van der Waals surface area contributed by atoms with Crippen molar-refractivity contribution in [1.29, 1.82) is 0 Å². The van der Waals surface area contributed by atoms with E-state index in [0.717, 1.165) is 24.0 Å². The molecule has 1 aromatic heterocycles. The van der Waals surface area contributed by atoms with Gasteiger partial charge < -0.3 is 5.11 Å². The van der Waals surface area contributed by atoms with Crippen LogP contribution >= 0.6 is 11.3 Å². The summed E-state index contributed by atoms with van der Waals surface area (Å²) in [7, 11) is 2.06. The zero-order valence-electron chi connectivity index (χ0n) is 8.64. The molecule has 0 atom stereocenters. The second-order valence-electron chi connectivity index (χ2n) is 4.07. The monoisotopic (exact) mass is 226 g/mol. The number of thiazole rings is 1. The molecule has 2 rings (SSSR count). The maximum Gasteiger partial charge on any atom is 0.355 e. The number of carboxylic acids is 1. The topological polar surface area (TPSA) is 53.4 Å². The third-order valence-electron chi connectivity index (χ3n) is 2.44. The highest BCUT2D eigenvalue weighted by Crippen LogP contribution is 2.29. The van der Waals surface area contributed by atoms with Crippen molar-refractivity contribution in [3.8, 4) is 0 Å². The van der Waals surface area contributed by atoms with Gasteiger partial charge in [0.25, 0.3) is 0 Å². The lowest BCUT2D eigenvalue weighted by molar-refractivity contribution is 0.0691. The fourth-order valence-electron chi connectivity index (χ4n) is 1.52. The second-order valence-corrected chi connectivity index (χ2v) is 5.01. The van der Waals surface area contributed by atoms with Crippen LogP contribution in [-0.2, 0) is 6.54 Å². The number of carbonyl (C=O) groups is 1. The van der Waals surface area contributed by atoms with Crippen molar-refractivity contribution in [2.75, 3.05) is 13.6 Å². The van der Waals surface area contributed by atoms with Gasteiger partial charge in [0.1, 0.15) is 5.01 Å². The van der Waals surface area contributed by atoms with Crippen molar-refractivity contribution >= 4 is 17.3 Å². The standard InChI is InChI=1S/C10H14N2O2S/c1-12(4-7-2-3-7)5-9-11-8(6-15-9)10(13)14/h6-7H,2-5H2,1H3,(H,13,14). The van der Waals surface area contributed by atoms with Crippen molar-refractivity contribution in [2.24, 2.45) is 5.92 Å². The van der Waals surface area contributed by atoms with E-state index in [1.54, 1.807) is 5.38 Å². The first-order chi connectivity index (χ1) is 7.15. The van der Waals surface area contributed by atoms with Crippen LogP contribution in [0, 0.1) is 5.92 Å². The SMILES string of the molecule is CN(Cc1nc(C(=O)O)cs1)CC1CC1. The minimum atomic E-state index is -0.942. The summed E-state index contributed by atoms with van der Waals surface area (Å²) in [4.78, 5) is 16.9. The Morgan fingerprint density at radius 3 is 3.00 bits per heavy atom. The molecule has 0 spiro atoms. The molecule has 0 aromatic carbocycles. The molecule has 1 aliphatic carbocycles. The van der Waals surface area contributed by atoms with Crippen LogP contribution in [0.5, 0.6) is 0 Å². The number of nitrogens with zero attached hydrogens (tertiary/aromatic N) is 2. The minimum absolute atomic E-state index is 0.162. The molecule has 4 nitrogen and oxygen atoms in total. The molecule has 1 aliphatic rings. The van der Waals surface area contributed by atoms with E-state index in [9.17, 15) is 4.79 Å². The van der Waals surface area contributed by atoms with Gasteiger partial charge in [-0.3, -0.25) is 4.90 Å². The van der Waals surface area contributed by atoms with E-state index in [-0.39, 0.29) is 5.69 Å². The van der Waals surface area contributed by atoms with E-state index in [2.05, 4.69) is 16.9 Å². The second kappa shape index (κ2) is 4.28. The molecule has 1 aromatic rings. The highest BCUT2D eigenvalue weighted by Gasteiger charge is 2.23. The Hall–Kier alpha value is -0.940. The lowest BCUT2D eigenvalue weighted by Crippen LogP contribution is -2.20. The van der Waals surface area contributed by atoms with Crippen molar-refractivity contribution in [1.82, 2.24) is 9.88 Å². The number of hydrogen-bond donors (Lipinski definition) is 1. The van der Waals surface area contributed by atoms with E-state index in [0.29, 0.717) is 0 Å². The van der Waals surface area contributed by atoms with Crippen LogP contribution in [0.2, 0.25) is 0 Å². The Bertz CT molecular complexity index is 360. The van der Waals surface area contributed by atoms with E-state index in [1.807, 2.05) is 0 Å². The van der Waals surface area contributed by atoms with Crippen molar-refractivity contribution in [2.45, 2.75) is 19.4 Å². The molecule has 82 valence electrons. The minimum Gasteiger partial charge on any atom is -0.476 e. The van der Waals surface area contributed by atoms with Crippen molar-refractivity contribution in [3.63, 3.8) is 0 Å². The molecular weight excluding hydrogens is 212 g/mol. The Morgan fingerprint density at radius 1 is 1.73 bits per heavy atom. The number of hydrogen-bond acceptors (Lipinski definition) is 4. The number of carboxylic acid groups (broad SMARTS) is 1. The molecule has 0 amide bonds. The fraction of sp³-hybridized carbons (Fsp3) is 0.600. The van der Waals surface area contributed by atoms with E-state index in [4.69, 9.17) is 5.11 Å². The Kier molecular flexibility index (Phi) is 3.02. The molecule has 15 heavy (non-hydrogen) atoms. The number of rotatable bonds is 5. The maximum atomic E-state index is 10.6. The van der Waals surface area contributed by atoms with Crippen LogP contribution in [-0.4, -0.2) is 34.6 Å². The summed E-state index contributed by atoms with van der Waals surface area (Å²) >= 11 is 1.42. The predicted molar refractivity (Wildman–Crippen MR) is 58.1 cm³/mol. The summed E-state index contributed by atoms with van der Waals surface area (Å²) in [5, 5.41) is 11.2. The van der Waals surface area contributed by atoms with Crippen molar-refractivity contribution < 1.29 is 9.90 Å². The molecule has 1 fully saturated rings. The van der Waals surface area contributed by atoms with Gasteiger partial charge in [-0.2, -0.15) is 0 Å². The number of aromatic nitrogens is 1. The van der Waals surface area contributed by atoms with E-state index in [1.165, 1.54) is 24.2 Å². The van der Waals surface area contributed by atoms with Gasteiger partial charge >= 0.3 is 5.97 Å². The summed E-state index contributed by atoms with van der Waals surface area (Å²) in [5.74, 6) is -0.0868. The molecule has 0 unspecified atom stereocenters. The molecule has 1 saturated carbocycles. The lowest BCUT2D eigenvalue weighted by Gasteiger charge is -2.13. The van der Waals surface area contributed by atoms with Gasteiger partial charge in [0.2, 0.25) is 0 Å². The zero-order valence-corrected chi connectivity index (χ0v) is 9.46. The van der Waals surface area contributed by atoms with E-state index >= 15 is 0 Å². The third-order valence-corrected chi connectivity index (χ3v) is 3.28. The highest BCUT2D eigenvalue weighted by atomic mass is 32.1. The van der Waals surface area contributed by atoms with Gasteiger partial charge in [-0.1, -0.05) is 0 Å². The first kappa shape index (κ1) is 10.6. The summed E-state index contributed by atoms with van der Waals surface area (Å²) in [6.07, 6.45) is 2.67. The summed E-state index contributed by atoms with van der Waals surface area (Å²) in [5.41, 5.74) is 0.162. The third kappa shape index (κ3) is 3.00. The predicted octanol–water partition coefficient (Wildman–Crippen LogP) is 1.68. The lowest BCUT2D eigenvalue weighted by atomic mass is 10.4. The van der Waals surface area contributed by atoms with Crippen LogP contribution in [0.1, 0.15) is 28.3 Å². The highest BCUT2D eigenvalue weighted by molar-refractivity contribution is 7.09. The van der Waals surface area contributed by atoms with Crippen LogP contribution in [0.25, 0.3) is 0 Å². The van der Waals surface area contributed by atoms with Crippen LogP contribution in [0.3, 0.4) is 0 Å². The largest absolute Gasteiger partial charge is 0.476 e. The van der Waals surface area contributed by atoms with Crippen molar-refractivity contribution in [3.05, 3.63) is 16.1 Å². The average Bonchev–Trinajstić information content (AvgIpc) is 2.82. The first-order valence-electron chi connectivity index (χ1n) is 5.01. The van der Waals surface area contributed by atoms with Gasteiger partial charge in [0, 0.05) is 11.9 Å². The number of aromatic carboxylic acids is 1. The summed E-state index contributed by atoms with van der Waals surface area (Å²) in [6, 6.07) is 0. The summed E-state index contributed by atoms with van der Waals surface area (Å²) < 4.78 is 0. The van der Waals surface area contributed by atoms with Gasteiger partial charge in [-0.15, -0.1) is 11.3 Å². The quantitative estimate of drug-likeness (QED) is 0.830. The molecular formula is C10H14N2O2S. The van der Waals surface area contributed by atoms with Crippen LogP contribution in [0.15, 0.2) is 5.38 Å². The molecule has 0 saturated heterocycles. The van der Waals surface area contributed by atoms with Crippen LogP contribution < -0.4 is 0 Å². The van der Waals surface area contributed by atoms with Gasteiger partial charge in [0.05, 0.1) is 6.54 Å². The van der Waals surface area contributed by atoms with Crippen LogP contribution in [0.4, 0.5) is 0 Å². The molecule has 0 aliphatic heterocycles. The fourth-order valence-corrected chi connectivity index (χ4v) is 2.37. The zero-order chi connectivity index (χ0) is 10.8. The molecule has 1 heterocycles. The molecule has 1 N–H and O–H groups in total. The van der Waals surface area contributed by atoms with Gasteiger partial charge in [-0.25, -0.2) is 9.78 Å². The normalized spacial score (nSPS) is 15.9. The van der Waals surface area contributed by atoms with E-state index < -0.39 is 5.97 Å².